The molecule has 1 N–H and O–H groups in total. The van der Waals surface area contributed by atoms with Gasteiger partial charge >= 0.3 is 11.9 Å². The molecule has 24 heavy (non-hydrogen) atoms. The molecule has 0 aromatic carbocycles. The Labute approximate surface area is 142 Å². The van der Waals surface area contributed by atoms with Crippen LogP contribution in [0.25, 0.3) is 0 Å². The van der Waals surface area contributed by atoms with Gasteiger partial charge in [0.05, 0.1) is 19.3 Å². The summed E-state index contributed by atoms with van der Waals surface area (Å²) in [6, 6.07) is 3.09. The number of carbonyl (C=O) groups is 3. The highest BCUT2D eigenvalue weighted by Crippen LogP contribution is 2.34. The van der Waals surface area contributed by atoms with E-state index in [2.05, 4.69) is 10.3 Å². The third-order valence-electron chi connectivity index (χ3n) is 3.17. The molecule has 0 spiro atoms. The highest BCUT2D eigenvalue weighted by Gasteiger charge is 2.27. The Balaban J connectivity index is 2.42. The van der Waals surface area contributed by atoms with Gasteiger partial charge in [-0.25, -0.2) is 9.59 Å². The summed E-state index contributed by atoms with van der Waals surface area (Å²) in [5, 5.41) is 2.89. The molecule has 0 radical (unpaired) electrons. The summed E-state index contributed by atoms with van der Waals surface area (Å²) in [6.45, 7) is 3.46. The minimum atomic E-state index is -0.605. The fourth-order valence-corrected chi connectivity index (χ4v) is 3.12. The molecular weight excluding hydrogens is 332 g/mol. The molecule has 2 heterocycles. The first-order valence-electron chi connectivity index (χ1n) is 7.09. The molecule has 2 aromatic rings. The highest BCUT2D eigenvalue weighted by atomic mass is 32.1. The second-order valence-corrected chi connectivity index (χ2v) is 5.68. The fraction of sp³-hybridized carbons (Fsp3) is 0.250. The van der Waals surface area contributed by atoms with Crippen LogP contribution >= 0.6 is 11.3 Å². The molecule has 1 amide bonds. The standard InChI is InChI=1S/C16H16N2O5S/c1-4-23-15(20)11-9(2)12(16(21)22-3)24-14(11)18-13(19)10-5-7-17-8-6-10/h5-8H,4H2,1-3H3,(H,18,19). The van der Waals surface area contributed by atoms with Crippen LogP contribution in [0.3, 0.4) is 0 Å². The largest absolute Gasteiger partial charge is 0.465 e. The lowest BCUT2D eigenvalue weighted by Crippen LogP contribution is -2.15. The van der Waals surface area contributed by atoms with E-state index in [0.717, 1.165) is 11.3 Å². The van der Waals surface area contributed by atoms with Gasteiger partial charge in [0.1, 0.15) is 9.88 Å². The molecule has 0 aliphatic heterocycles. The number of methoxy groups -OCH3 is 1. The van der Waals surface area contributed by atoms with Crippen molar-refractivity contribution in [3.8, 4) is 0 Å². The molecule has 0 bridgehead atoms. The van der Waals surface area contributed by atoms with Gasteiger partial charge < -0.3 is 14.8 Å². The lowest BCUT2D eigenvalue weighted by atomic mass is 10.1. The van der Waals surface area contributed by atoms with Crippen LogP contribution < -0.4 is 5.32 Å². The average molecular weight is 348 g/mol. The van der Waals surface area contributed by atoms with Crippen molar-refractivity contribution in [2.75, 3.05) is 19.0 Å². The Morgan fingerprint density at radius 3 is 2.46 bits per heavy atom. The number of amides is 1. The molecule has 2 rings (SSSR count). The molecule has 0 unspecified atom stereocenters. The first-order valence-corrected chi connectivity index (χ1v) is 7.91. The SMILES string of the molecule is CCOC(=O)c1c(NC(=O)c2ccncc2)sc(C(=O)OC)c1C. The van der Waals surface area contributed by atoms with Gasteiger partial charge in [-0.15, -0.1) is 11.3 Å². The summed E-state index contributed by atoms with van der Waals surface area (Å²) >= 11 is 0.973. The molecule has 2 aromatic heterocycles. The number of carbonyl (C=O) groups excluding carboxylic acids is 3. The van der Waals surface area contributed by atoms with E-state index in [1.807, 2.05) is 0 Å². The minimum absolute atomic E-state index is 0.157. The Hall–Kier alpha value is -2.74. The van der Waals surface area contributed by atoms with E-state index in [4.69, 9.17) is 9.47 Å². The predicted molar refractivity (Wildman–Crippen MR) is 88.5 cm³/mol. The zero-order valence-electron chi connectivity index (χ0n) is 13.4. The summed E-state index contributed by atoms with van der Waals surface area (Å²) in [5.74, 6) is -1.60. The van der Waals surface area contributed by atoms with Crippen LogP contribution in [-0.2, 0) is 9.47 Å². The maximum absolute atomic E-state index is 12.3. The van der Waals surface area contributed by atoms with Crippen molar-refractivity contribution in [1.82, 2.24) is 4.98 Å². The first kappa shape index (κ1) is 17.6. The Bertz CT molecular complexity index is 770. The van der Waals surface area contributed by atoms with E-state index >= 15 is 0 Å². The molecular formula is C16H16N2O5S. The number of esters is 2. The van der Waals surface area contributed by atoms with Crippen molar-refractivity contribution in [3.05, 3.63) is 46.1 Å². The second kappa shape index (κ2) is 7.69. The van der Waals surface area contributed by atoms with Gasteiger partial charge in [0.2, 0.25) is 0 Å². The molecule has 0 atom stereocenters. The van der Waals surface area contributed by atoms with Gasteiger partial charge in [-0.1, -0.05) is 0 Å². The number of thiophene rings is 1. The third-order valence-corrected chi connectivity index (χ3v) is 4.35. The van der Waals surface area contributed by atoms with Crippen LogP contribution in [0.2, 0.25) is 0 Å². The Morgan fingerprint density at radius 2 is 1.88 bits per heavy atom. The normalized spacial score (nSPS) is 10.1. The monoisotopic (exact) mass is 348 g/mol. The molecule has 0 aliphatic carbocycles. The number of pyridine rings is 1. The van der Waals surface area contributed by atoms with Crippen molar-refractivity contribution < 1.29 is 23.9 Å². The van der Waals surface area contributed by atoms with Crippen LogP contribution in [0.15, 0.2) is 24.5 Å². The van der Waals surface area contributed by atoms with Gasteiger partial charge in [-0.05, 0) is 31.5 Å². The highest BCUT2D eigenvalue weighted by molar-refractivity contribution is 7.18. The number of ether oxygens (including phenoxy) is 2. The second-order valence-electron chi connectivity index (χ2n) is 4.66. The molecule has 0 aliphatic rings. The maximum atomic E-state index is 12.3. The number of hydrogen-bond donors (Lipinski definition) is 1. The van der Waals surface area contributed by atoms with E-state index in [9.17, 15) is 14.4 Å². The lowest BCUT2D eigenvalue weighted by molar-refractivity contribution is 0.0527. The van der Waals surface area contributed by atoms with Crippen molar-refractivity contribution >= 4 is 34.2 Å². The van der Waals surface area contributed by atoms with E-state index in [0.29, 0.717) is 11.1 Å². The van der Waals surface area contributed by atoms with E-state index in [1.54, 1.807) is 26.0 Å². The fourth-order valence-electron chi connectivity index (χ4n) is 2.02. The number of nitrogens with one attached hydrogen (secondary N) is 1. The van der Waals surface area contributed by atoms with Gasteiger partial charge in [-0.2, -0.15) is 0 Å². The maximum Gasteiger partial charge on any atom is 0.348 e. The summed E-state index contributed by atoms with van der Waals surface area (Å²) in [5.41, 5.74) is 0.950. The molecule has 7 nitrogen and oxygen atoms in total. The van der Waals surface area contributed by atoms with Crippen LogP contribution in [0, 0.1) is 6.92 Å². The van der Waals surface area contributed by atoms with Crippen LogP contribution in [0.5, 0.6) is 0 Å². The molecule has 0 saturated carbocycles. The van der Waals surface area contributed by atoms with Crippen molar-refractivity contribution in [2.45, 2.75) is 13.8 Å². The van der Waals surface area contributed by atoms with Gasteiger partial charge in [0, 0.05) is 18.0 Å². The quantitative estimate of drug-likeness (QED) is 0.835. The minimum Gasteiger partial charge on any atom is -0.465 e. The summed E-state index contributed by atoms with van der Waals surface area (Å²) in [6.07, 6.45) is 2.97. The zero-order valence-corrected chi connectivity index (χ0v) is 14.2. The Kier molecular flexibility index (Phi) is 5.64. The zero-order chi connectivity index (χ0) is 17.7. The van der Waals surface area contributed by atoms with Crippen molar-refractivity contribution in [3.63, 3.8) is 0 Å². The number of hydrogen-bond acceptors (Lipinski definition) is 7. The Morgan fingerprint density at radius 1 is 1.21 bits per heavy atom. The number of anilines is 1. The molecule has 126 valence electrons. The van der Waals surface area contributed by atoms with E-state index in [1.165, 1.54) is 19.5 Å². The van der Waals surface area contributed by atoms with Crippen molar-refractivity contribution in [2.24, 2.45) is 0 Å². The van der Waals surface area contributed by atoms with Crippen LogP contribution in [0.4, 0.5) is 5.00 Å². The average Bonchev–Trinajstić information content (AvgIpc) is 2.91. The summed E-state index contributed by atoms with van der Waals surface area (Å²) < 4.78 is 9.73. The van der Waals surface area contributed by atoms with Gasteiger partial charge in [-0.3, -0.25) is 9.78 Å². The smallest absolute Gasteiger partial charge is 0.348 e. The van der Waals surface area contributed by atoms with Gasteiger partial charge in [0.25, 0.3) is 5.91 Å². The van der Waals surface area contributed by atoms with E-state index in [-0.39, 0.29) is 22.0 Å². The van der Waals surface area contributed by atoms with Crippen LogP contribution in [0.1, 0.15) is 42.9 Å². The summed E-state index contributed by atoms with van der Waals surface area (Å²) in [4.78, 5) is 40.4. The van der Waals surface area contributed by atoms with Crippen molar-refractivity contribution in [1.29, 1.82) is 0 Å². The number of aromatic nitrogens is 1. The summed E-state index contributed by atoms with van der Waals surface area (Å²) in [7, 11) is 1.25. The van der Waals surface area contributed by atoms with E-state index < -0.39 is 17.8 Å². The third kappa shape index (κ3) is 3.60. The predicted octanol–water partition coefficient (Wildman–Crippen LogP) is 2.67. The number of rotatable bonds is 5. The van der Waals surface area contributed by atoms with Gasteiger partial charge in [0.15, 0.2) is 0 Å². The lowest BCUT2D eigenvalue weighted by Gasteiger charge is -2.07. The number of nitrogens with zero attached hydrogens (tertiary/aromatic N) is 1. The molecule has 8 heteroatoms. The van der Waals surface area contributed by atoms with Crippen LogP contribution in [-0.4, -0.2) is 36.5 Å². The first-order chi connectivity index (χ1) is 11.5. The molecule has 0 saturated heterocycles. The topological polar surface area (TPSA) is 94.6 Å². The molecule has 0 fully saturated rings.